The van der Waals surface area contributed by atoms with Crippen LogP contribution in [0.4, 0.5) is 0 Å². The monoisotopic (exact) mass is 330 g/mol. The van der Waals surface area contributed by atoms with Crippen LogP contribution in [0.2, 0.25) is 0 Å². The summed E-state index contributed by atoms with van der Waals surface area (Å²) in [6.07, 6.45) is 7.29. The maximum Gasteiger partial charge on any atom is 0.344 e. The van der Waals surface area contributed by atoms with Gasteiger partial charge in [-0.2, -0.15) is 9.13 Å². The predicted molar refractivity (Wildman–Crippen MR) is 85.2 cm³/mol. The van der Waals surface area contributed by atoms with Gasteiger partial charge in [-0.25, -0.2) is 9.59 Å². The normalized spacial score (nSPS) is 10.2. The molecule has 0 aliphatic heterocycles. The highest BCUT2D eigenvalue weighted by atomic mass is 16.5. The summed E-state index contributed by atoms with van der Waals surface area (Å²) in [5, 5.41) is 0. The molecule has 0 amide bonds. The number of aromatic nitrogens is 2. The fourth-order valence-corrected chi connectivity index (χ4v) is 2.22. The average Bonchev–Trinajstić information content (AvgIpc) is 2.61. The van der Waals surface area contributed by atoms with Gasteiger partial charge in [0.1, 0.15) is 11.1 Å². The van der Waals surface area contributed by atoms with Crippen molar-refractivity contribution in [2.75, 3.05) is 13.2 Å². The Morgan fingerprint density at radius 2 is 1.25 bits per heavy atom. The topological polar surface area (TPSA) is 60.4 Å². The number of esters is 2. The maximum atomic E-state index is 11.8. The molecular weight excluding hydrogens is 308 g/mol. The number of carbonyl (C=O) groups excluding carboxylic acids is 2. The van der Waals surface area contributed by atoms with E-state index in [1.54, 1.807) is 38.4 Å². The molecule has 0 fully saturated rings. The average molecular weight is 330 g/mol. The van der Waals surface area contributed by atoms with Gasteiger partial charge >= 0.3 is 11.9 Å². The van der Waals surface area contributed by atoms with E-state index in [-0.39, 0.29) is 11.9 Å². The number of carbonyl (C=O) groups is 2. The molecule has 0 bridgehead atoms. The highest BCUT2D eigenvalue weighted by molar-refractivity contribution is 5.89. The molecule has 24 heavy (non-hydrogen) atoms. The van der Waals surface area contributed by atoms with Gasteiger partial charge in [0.05, 0.1) is 13.2 Å². The molecule has 0 aliphatic carbocycles. The summed E-state index contributed by atoms with van der Waals surface area (Å²) in [6, 6.07) is 7.07. The van der Waals surface area contributed by atoms with E-state index in [4.69, 9.17) is 9.47 Å². The van der Waals surface area contributed by atoms with Crippen molar-refractivity contribution in [2.24, 2.45) is 0 Å². The molecule has 2 aromatic rings. The lowest BCUT2D eigenvalue weighted by atomic mass is 10.3. The molecule has 6 nitrogen and oxygen atoms in total. The van der Waals surface area contributed by atoms with Gasteiger partial charge in [-0.05, 0) is 26.0 Å². The van der Waals surface area contributed by atoms with Crippen LogP contribution in [0, 0.1) is 0 Å². The van der Waals surface area contributed by atoms with Crippen molar-refractivity contribution < 1.29 is 28.2 Å². The molecule has 0 radical (unpaired) electrons. The number of pyridine rings is 2. The van der Waals surface area contributed by atoms with Crippen LogP contribution in [-0.4, -0.2) is 25.2 Å². The van der Waals surface area contributed by atoms with Crippen molar-refractivity contribution in [3.63, 3.8) is 0 Å². The Hall–Kier alpha value is -2.76. The van der Waals surface area contributed by atoms with Crippen molar-refractivity contribution in [3.05, 3.63) is 60.2 Å². The van der Waals surface area contributed by atoms with E-state index in [9.17, 15) is 9.59 Å². The zero-order valence-electron chi connectivity index (χ0n) is 14.0. The van der Waals surface area contributed by atoms with Crippen molar-refractivity contribution >= 4 is 11.9 Å². The molecule has 0 aromatic carbocycles. The van der Waals surface area contributed by atoms with Crippen molar-refractivity contribution in [1.29, 1.82) is 0 Å². The lowest BCUT2D eigenvalue weighted by molar-refractivity contribution is -0.778. The van der Waals surface area contributed by atoms with Gasteiger partial charge < -0.3 is 9.47 Å². The summed E-state index contributed by atoms with van der Waals surface area (Å²) in [5.41, 5.74) is 1.04. The molecule has 0 saturated heterocycles. The first-order chi connectivity index (χ1) is 11.6. The molecule has 0 N–H and O–H groups in total. The quantitative estimate of drug-likeness (QED) is 0.567. The minimum atomic E-state index is -0.330. The predicted octanol–water partition coefficient (Wildman–Crippen LogP) is 1.32. The first-order valence-corrected chi connectivity index (χ1v) is 7.96. The Kier molecular flexibility index (Phi) is 6.42. The minimum Gasteiger partial charge on any atom is -0.462 e. The van der Waals surface area contributed by atoms with E-state index < -0.39 is 0 Å². The molecule has 6 heteroatoms. The Morgan fingerprint density at radius 1 is 0.833 bits per heavy atom. The molecule has 0 atom stereocenters. The minimum absolute atomic E-state index is 0.330. The number of hydrogen-bond donors (Lipinski definition) is 0. The van der Waals surface area contributed by atoms with Gasteiger partial charge in [0.15, 0.2) is 24.8 Å². The second-order valence-electron chi connectivity index (χ2n) is 5.10. The Bertz CT molecular complexity index is 654. The molecule has 2 aromatic heterocycles. The Morgan fingerprint density at radius 3 is 1.62 bits per heavy atom. The number of nitrogens with zero attached hydrogens (tertiary/aromatic N) is 2. The van der Waals surface area contributed by atoms with E-state index in [2.05, 4.69) is 0 Å². The smallest absolute Gasteiger partial charge is 0.344 e. The van der Waals surface area contributed by atoms with Crippen LogP contribution in [0.3, 0.4) is 0 Å². The zero-order valence-corrected chi connectivity index (χ0v) is 14.0. The third kappa shape index (κ3) is 4.87. The van der Waals surface area contributed by atoms with Gasteiger partial charge in [-0.15, -0.1) is 0 Å². The summed E-state index contributed by atoms with van der Waals surface area (Å²) in [6.45, 7) is 5.58. The lowest BCUT2D eigenvalue weighted by Gasteiger charge is -2.02. The molecule has 0 aliphatic rings. The number of ether oxygens (including phenoxy) is 2. The molecule has 2 heterocycles. The first-order valence-electron chi connectivity index (χ1n) is 7.96. The number of hydrogen-bond acceptors (Lipinski definition) is 4. The van der Waals surface area contributed by atoms with Crippen LogP contribution >= 0.6 is 0 Å². The van der Waals surface area contributed by atoms with Crippen molar-refractivity contribution in [1.82, 2.24) is 0 Å². The van der Waals surface area contributed by atoms with Gasteiger partial charge in [0, 0.05) is 12.1 Å². The van der Waals surface area contributed by atoms with E-state index in [1.165, 1.54) is 0 Å². The van der Waals surface area contributed by atoms with Gasteiger partial charge in [-0.1, -0.05) is 0 Å². The van der Waals surface area contributed by atoms with Crippen LogP contribution in [0.5, 0.6) is 0 Å². The maximum absolute atomic E-state index is 11.8. The number of rotatable bonds is 7. The van der Waals surface area contributed by atoms with E-state index in [0.717, 1.165) is 0 Å². The standard InChI is InChI=1S/C18H22N2O4/c1-3-23-17(21)15-7-5-9-19(13-15)11-12-20-10-6-8-16(14-20)18(22)24-4-2/h5-10,13-14H,3-4,11-12H2,1-2H3/q+2. The summed E-state index contributed by atoms with van der Waals surface area (Å²) >= 11 is 0. The van der Waals surface area contributed by atoms with Crippen LogP contribution < -0.4 is 9.13 Å². The Balaban J connectivity index is 2.03. The second-order valence-corrected chi connectivity index (χ2v) is 5.10. The SMILES string of the molecule is CCOC(=O)c1ccc[n+](CC[n+]2cccc(C(=O)OCC)c2)c1. The summed E-state index contributed by atoms with van der Waals surface area (Å²) in [5.74, 6) is -0.660. The van der Waals surface area contributed by atoms with Gasteiger partial charge in [0.25, 0.3) is 0 Å². The first kappa shape index (κ1) is 17.6. The van der Waals surface area contributed by atoms with Crippen LogP contribution in [0.1, 0.15) is 34.6 Å². The summed E-state index contributed by atoms with van der Waals surface area (Å²) in [7, 11) is 0. The van der Waals surface area contributed by atoms with Crippen molar-refractivity contribution in [2.45, 2.75) is 26.9 Å². The molecule has 2 rings (SSSR count). The van der Waals surface area contributed by atoms with Gasteiger partial charge in [-0.3, -0.25) is 0 Å². The Labute approximate surface area is 141 Å². The molecule has 0 spiro atoms. The summed E-state index contributed by atoms with van der Waals surface area (Å²) in [4.78, 5) is 23.5. The molecule has 0 saturated carbocycles. The van der Waals surface area contributed by atoms with E-state index >= 15 is 0 Å². The highest BCUT2D eigenvalue weighted by Crippen LogP contribution is 1.99. The third-order valence-electron chi connectivity index (χ3n) is 3.36. The summed E-state index contributed by atoms with van der Waals surface area (Å²) < 4.78 is 13.8. The zero-order chi connectivity index (χ0) is 17.4. The van der Waals surface area contributed by atoms with E-state index in [0.29, 0.717) is 37.4 Å². The van der Waals surface area contributed by atoms with Crippen LogP contribution in [0.25, 0.3) is 0 Å². The van der Waals surface area contributed by atoms with Gasteiger partial charge in [0.2, 0.25) is 13.1 Å². The fraction of sp³-hybridized carbons (Fsp3) is 0.333. The van der Waals surface area contributed by atoms with Crippen LogP contribution in [0.15, 0.2) is 49.1 Å². The highest BCUT2D eigenvalue weighted by Gasteiger charge is 2.15. The van der Waals surface area contributed by atoms with Crippen LogP contribution in [-0.2, 0) is 22.6 Å². The number of aryl methyl sites for hydroxylation is 2. The molecule has 0 unspecified atom stereocenters. The fourth-order valence-electron chi connectivity index (χ4n) is 2.22. The molecule has 126 valence electrons. The third-order valence-corrected chi connectivity index (χ3v) is 3.36. The largest absolute Gasteiger partial charge is 0.462 e. The lowest BCUT2D eigenvalue weighted by Crippen LogP contribution is -2.44. The van der Waals surface area contributed by atoms with Crippen molar-refractivity contribution in [3.8, 4) is 0 Å². The van der Waals surface area contributed by atoms with E-state index in [1.807, 2.05) is 33.7 Å². The second kappa shape index (κ2) is 8.76. The molecular formula is C18H22N2O4+2.